The number of hydrogen-bond acceptors (Lipinski definition) is 4. The molecule has 4 heteroatoms. The standard InChI is InChI=1S/C5H8N2O2/c8-6-4-1-2-5(3-4)7-9/h8-9H,1-3H2. The minimum atomic E-state index is 0.521. The van der Waals surface area contributed by atoms with E-state index in [2.05, 4.69) is 10.3 Å². The summed E-state index contributed by atoms with van der Waals surface area (Å²) in [5.74, 6) is 0. The first-order valence-electron chi connectivity index (χ1n) is 2.76. The van der Waals surface area contributed by atoms with Crippen molar-refractivity contribution in [1.29, 1.82) is 0 Å². The van der Waals surface area contributed by atoms with Crippen LogP contribution in [-0.2, 0) is 0 Å². The average Bonchev–Trinajstić information content (AvgIpc) is 2.34. The zero-order valence-electron chi connectivity index (χ0n) is 4.91. The van der Waals surface area contributed by atoms with Gasteiger partial charge in [0.1, 0.15) is 0 Å². The van der Waals surface area contributed by atoms with Gasteiger partial charge in [-0.3, -0.25) is 0 Å². The topological polar surface area (TPSA) is 65.2 Å². The van der Waals surface area contributed by atoms with Crippen LogP contribution in [0.3, 0.4) is 0 Å². The van der Waals surface area contributed by atoms with Crippen molar-refractivity contribution in [2.45, 2.75) is 19.3 Å². The highest BCUT2D eigenvalue weighted by Crippen LogP contribution is 2.11. The van der Waals surface area contributed by atoms with Gasteiger partial charge in [-0.25, -0.2) is 0 Å². The summed E-state index contributed by atoms with van der Waals surface area (Å²) in [7, 11) is 0. The van der Waals surface area contributed by atoms with Crippen molar-refractivity contribution < 1.29 is 10.4 Å². The molecule has 0 spiro atoms. The number of hydrogen-bond donors (Lipinski definition) is 2. The van der Waals surface area contributed by atoms with Crippen LogP contribution < -0.4 is 0 Å². The molecule has 0 atom stereocenters. The summed E-state index contributed by atoms with van der Waals surface area (Å²) < 4.78 is 0. The van der Waals surface area contributed by atoms with E-state index >= 15 is 0 Å². The molecule has 0 saturated heterocycles. The van der Waals surface area contributed by atoms with Crippen LogP contribution in [0, 0.1) is 0 Å². The molecule has 0 aromatic carbocycles. The molecule has 1 aliphatic carbocycles. The number of oxime groups is 2. The van der Waals surface area contributed by atoms with Gasteiger partial charge in [-0.05, 0) is 12.8 Å². The molecule has 2 N–H and O–H groups in total. The monoisotopic (exact) mass is 128 g/mol. The lowest BCUT2D eigenvalue weighted by Gasteiger charge is -1.84. The van der Waals surface area contributed by atoms with Gasteiger partial charge in [-0.1, -0.05) is 10.3 Å². The number of nitrogens with zero attached hydrogens (tertiary/aromatic N) is 2. The van der Waals surface area contributed by atoms with E-state index in [1.54, 1.807) is 0 Å². The number of rotatable bonds is 0. The van der Waals surface area contributed by atoms with Gasteiger partial charge in [0.15, 0.2) is 0 Å². The van der Waals surface area contributed by atoms with Gasteiger partial charge in [0.2, 0.25) is 0 Å². The maximum absolute atomic E-state index is 8.23. The third-order valence-electron chi connectivity index (χ3n) is 1.39. The molecule has 1 rings (SSSR count). The fraction of sp³-hybridized carbons (Fsp3) is 0.600. The van der Waals surface area contributed by atoms with Crippen molar-refractivity contribution in [3.8, 4) is 0 Å². The van der Waals surface area contributed by atoms with Gasteiger partial charge in [0.05, 0.1) is 11.4 Å². The van der Waals surface area contributed by atoms with Gasteiger partial charge >= 0.3 is 0 Å². The third kappa shape index (κ3) is 1.19. The normalized spacial score (nSPS) is 28.0. The molecule has 0 aliphatic heterocycles. The Morgan fingerprint density at radius 3 is 1.67 bits per heavy atom. The summed E-state index contributed by atoms with van der Waals surface area (Å²) in [6, 6.07) is 0. The SMILES string of the molecule is ON=C1CCC(=NO)C1. The Kier molecular flexibility index (Phi) is 1.67. The van der Waals surface area contributed by atoms with Gasteiger partial charge in [0, 0.05) is 6.42 Å². The maximum Gasteiger partial charge on any atom is 0.0631 e. The summed E-state index contributed by atoms with van der Waals surface area (Å²) >= 11 is 0. The van der Waals surface area contributed by atoms with Crippen molar-refractivity contribution in [2.24, 2.45) is 10.3 Å². The quantitative estimate of drug-likeness (QED) is 0.375. The van der Waals surface area contributed by atoms with E-state index in [-0.39, 0.29) is 0 Å². The molecule has 50 valence electrons. The van der Waals surface area contributed by atoms with Crippen molar-refractivity contribution in [2.75, 3.05) is 0 Å². The average molecular weight is 128 g/mol. The fourth-order valence-electron chi connectivity index (χ4n) is 0.872. The summed E-state index contributed by atoms with van der Waals surface area (Å²) in [5, 5.41) is 22.5. The van der Waals surface area contributed by atoms with Gasteiger partial charge in [-0.2, -0.15) is 0 Å². The van der Waals surface area contributed by atoms with E-state index in [9.17, 15) is 0 Å². The van der Waals surface area contributed by atoms with Gasteiger partial charge in [-0.15, -0.1) is 0 Å². The van der Waals surface area contributed by atoms with E-state index in [0.29, 0.717) is 17.8 Å². The maximum atomic E-state index is 8.23. The summed E-state index contributed by atoms with van der Waals surface area (Å²) in [6.45, 7) is 0. The van der Waals surface area contributed by atoms with E-state index in [1.165, 1.54) is 0 Å². The lowest BCUT2D eigenvalue weighted by Crippen LogP contribution is -1.91. The van der Waals surface area contributed by atoms with E-state index in [0.717, 1.165) is 12.8 Å². The first-order valence-corrected chi connectivity index (χ1v) is 2.76. The molecule has 0 aromatic rings. The zero-order valence-corrected chi connectivity index (χ0v) is 4.91. The molecule has 1 saturated carbocycles. The van der Waals surface area contributed by atoms with E-state index in [1.807, 2.05) is 0 Å². The Bertz CT molecular complexity index is 144. The van der Waals surface area contributed by atoms with Crippen LogP contribution in [-0.4, -0.2) is 21.8 Å². The molecule has 0 radical (unpaired) electrons. The molecular formula is C5H8N2O2. The Morgan fingerprint density at radius 2 is 1.44 bits per heavy atom. The lowest BCUT2D eigenvalue weighted by molar-refractivity contribution is 0.316. The molecule has 0 amide bonds. The van der Waals surface area contributed by atoms with E-state index in [4.69, 9.17) is 10.4 Å². The minimum absolute atomic E-state index is 0.521. The van der Waals surface area contributed by atoms with Crippen molar-refractivity contribution in [1.82, 2.24) is 0 Å². The Balaban J connectivity index is 2.57. The summed E-state index contributed by atoms with van der Waals surface area (Å²) in [4.78, 5) is 0. The van der Waals surface area contributed by atoms with Crippen molar-refractivity contribution >= 4 is 11.4 Å². The molecule has 0 heterocycles. The second-order valence-corrected chi connectivity index (χ2v) is 2.01. The second-order valence-electron chi connectivity index (χ2n) is 2.01. The largest absolute Gasteiger partial charge is 0.411 e. The predicted molar refractivity (Wildman–Crippen MR) is 32.3 cm³/mol. The van der Waals surface area contributed by atoms with Crippen LogP contribution in [0.4, 0.5) is 0 Å². The molecule has 0 unspecified atom stereocenters. The molecule has 0 bridgehead atoms. The highest BCUT2D eigenvalue weighted by atomic mass is 16.4. The fourth-order valence-corrected chi connectivity index (χ4v) is 0.872. The van der Waals surface area contributed by atoms with Crippen LogP contribution in [0.1, 0.15) is 19.3 Å². The molecular weight excluding hydrogens is 120 g/mol. The van der Waals surface area contributed by atoms with Crippen LogP contribution >= 0.6 is 0 Å². The van der Waals surface area contributed by atoms with E-state index < -0.39 is 0 Å². The van der Waals surface area contributed by atoms with Crippen LogP contribution in [0.25, 0.3) is 0 Å². The molecule has 0 aromatic heterocycles. The van der Waals surface area contributed by atoms with Crippen LogP contribution in [0.5, 0.6) is 0 Å². The Morgan fingerprint density at radius 1 is 1.00 bits per heavy atom. The smallest absolute Gasteiger partial charge is 0.0631 e. The van der Waals surface area contributed by atoms with Gasteiger partial charge < -0.3 is 10.4 Å². The molecule has 1 aliphatic rings. The minimum Gasteiger partial charge on any atom is -0.411 e. The van der Waals surface area contributed by atoms with Crippen molar-refractivity contribution in [3.05, 3.63) is 0 Å². The first-order chi connectivity index (χ1) is 4.36. The molecule has 4 nitrogen and oxygen atoms in total. The summed E-state index contributed by atoms with van der Waals surface area (Å²) in [6.07, 6.45) is 1.96. The first kappa shape index (κ1) is 6.07. The highest BCUT2D eigenvalue weighted by molar-refractivity contribution is 6.10. The van der Waals surface area contributed by atoms with Crippen LogP contribution in [0.2, 0.25) is 0 Å². The zero-order chi connectivity index (χ0) is 6.69. The molecule has 1 fully saturated rings. The van der Waals surface area contributed by atoms with Crippen LogP contribution in [0.15, 0.2) is 10.3 Å². The third-order valence-corrected chi connectivity index (χ3v) is 1.39. The van der Waals surface area contributed by atoms with Gasteiger partial charge in [0.25, 0.3) is 0 Å². The predicted octanol–water partition coefficient (Wildman–Crippen LogP) is 0.831. The highest BCUT2D eigenvalue weighted by Gasteiger charge is 2.15. The summed E-state index contributed by atoms with van der Waals surface area (Å²) in [5.41, 5.74) is 1.39. The lowest BCUT2D eigenvalue weighted by atomic mass is 10.3. The van der Waals surface area contributed by atoms with Crippen molar-refractivity contribution in [3.63, 3.8) is 0 Å². The Labute approximate surface area is 52.5 Å². The Hall–Kier alpha value is -1.06. The molecule has 9 heavy (non-hydrogen) atoms. The second kappa shape index (κ2) is 2.48.